The van der Waals surface area contributed by atoms with E-state index < -0.39 is 0 Å². The van der Waals surface area contributed by atoms with Gasteiger partial charge in [-0.15, -0.1) is 0 Å². The van der Waals surface area contributed by atoms with Gasteiger partial charge in [0.15, 0.2) is 0 Å². The van der Waals surface area contributed by atoms with Crippen molar-refractivity contribution in [2.45, 2.75) is 18.9 Å². The van der Waals surface area contributed by atoms with Crippen LogP contribution in [0.3, 0.4) is 0 Å². The molecule has 2 amide bonds. The maximum atomic E-state index is 11.7. The summed E-state index contributed by atoms with van der Waals surface area (Å²) < 4.78 is 0. The molecule has 4 N–H and O–H groups in total. The van der Waals surface area contributed by atoms with Crippen LogP contribution in [0, 0.1) is 0 Å². The Morgan fingerprint density at radius 2 is 2.41 bits per heavy atom. The molecule has 0 saturated carbocycles. The fourth-order valence-corrected chi connectivity index (χ4v) is 1.63. The van der Waals surface area contributed by atoms with Crippen molar-refractivity contribution in [3.63, 3.8) is 0 Å². The predicted molar refractivity (Wildman–Crippen MR) is 59.9 cm³/mol. The topological polar surface area (TPSA) is 110 Å². The summed E-state index contributed by atoms with van der Waals surface area (Å²) >= 11 is 0. The van der Waals surface area contributed by atoms with E-state index in [9.17, 15) is 9.59 Å². The first kappa shape index (κ1) is 11.3. The smallest absolute Gasteiger partial charge is 0.271 e. The number of anilines is 1. The Morgan fingerprint density at radius 3 is 3.06 bits per heavy atom. The molecule has 2 rings (SSSR count). The summed E-state index contributed by atoms with van der Waals surface area (Å²) in [5.41, 5.74) is 5.60. The number of carbonyl (C=O) groups excluding carboxylic acids is 2. The van der Waals surface area contributed by atoms with E-state index in [1.54, 1.807) is 0 Å². The molecule has 1 aliphatic rings. The average Bonchev–Trinajstić information content (AvgIpc) is 2.72. The molecule has 2 heterocycles. The number of nitrogens with two attached hydrogens (primary N) is 1. The van der Waals surface area contributed by atoms with Crippen molar-refractivity contribution in [2.75, 3.05) is 12.3 Å². The lowest BCUT2D eigenvalue weighted by atomic mass is 10.2. The maximum Gasteiger partial charge on any atom is 0.271 e. The molecule has 1 aromatic rings. The minimum absolute atomic E-state index is 0.000434. The van der Waals surface area contributed by atoms with Gasteiger partial charge in [-0.25, -0.2) is 4.98 Å². The quantitative estimate of drug-likeness (QED) is 0.626. The van der Waals surface area contributed by atoms with Crippen molar-refractivity contribution in [1.29, 1.82) is 0 Å². The lowest BCUT2D eigenvalue weighted by Gasteiger charge is -2.10. The van der Waals surface area contributed by atoms with Crippen molar-refractivity contribution in [1.82, 2.24) is 20.6 Å². The van der Waals surface area contributed by atoms with Gasteiger partial charge >= 0.3 is 0 Å². The molecule has 1 atom stereocenters. The van der Waals surface area contributed by atoms with Gasteiger partial charge in [0.05, 0.1) is 12.4 Å². The van der Waals surface area contributed by atoms with Gasteiger partial charge in [-0.05, 0) is 6.42 Å². The van der Waals surface area contributed by atoms with Gasteiger partial charge in [0, 0.05) is 19.0 Å². The standard InChI is InChI=1S/C10H13N5O2/c11-8-5-12-4-7(15-8)10(17)13-3-6-1-2-9(16)14-6/h4-6H,1-3H2,(H2,11,15)(H,13,17)(H,14,16). The number of amides is 2. The van der Waals surface area contributed by atoms with Gasteiger partial charge in [0.25, 0.3) is 5.91 Å². The monoisotopic (exact) mass is 235 g/mol. The Hall–Kier alpha value is -2.18. The number of carbonyl (C=O) groups is 2. The molecule has 7 heteroatoms. The van der Waals surface area contributed by atoms with Crippen molar-refractivity contribution in [3.05, 3.63) is 18.1 Å². The van der Waals surface area contributed by atoms with Crippen molar-refractivity contribution in [3.8, 4) is 0 Å². The molecule has 17 heavy (non-hydrogen) atoms. The van der Waals surface area contributed by atoms with Crippen LogP contribution in [0.1, 0.15) is 23.3 Å². The second kappa shape index (κ2) is 4.77. The van der Waals surface area contributed by atoms with Crippen molar-refractivity contribution >= 4 is 17.6 Å². The summed E-state index contributed by atoms with van der Waals surface area (Å²) in [6, 6.07) is 0.000434. The second-order valence-electron chi connectivity index (χ2n) is 3.84. The van der Waals surface area contributed by atoms with Crippen molar-refractivity contribution < 1.29 is 9.59 Å². The Bertz CT molecular complexity index is 448. The Kier molecular flexibility index (Phi) is 3.17. The highest BCUT2D eigenvalue weighted by Crippen LogP contribution is 2.05. The zero-order valence-corrected chi connectivity index (χ0v) is 9.14. The van der Waals surface area contributed by atoms with Crippen molar-refractivity contribution in [2.24, 2.45) is 0 Å². The summed E-state index contributed by atoms with van der Waals surface area (Å²) in [6.07, 6.45) is 3.97. The van der Waals surface area contributed by atoms with Gasteiger partial charge in [0.2, 0.25) is 5.91 Å². The van der Waals surface area contributed by atoms with Gasteiger partial charge in [-0.1, -0.05) is 0 Å². The van der Waals surface area contributed by atoms with Crippen LogP contribution in [0.2, 0.25) is 0 Å². The van der Waals surface area contributed by atoms with Crippen LogP contribution in [-0.4, -0.2) is 34.4 Å². The van der Waals surface area contributed by atoms with E-state index in [-0.39, 0.29) is 29.4 Å². The van der Waals surface area contributed by atoms with E-state index in [4.69, 9.17) is 5.73 Å². The second-order valence-corrected chi connectivity index (χ2v) is 3.84. The number of aromatic nitrogens is 2. The number of hydrogen-bond donors (Lipinski definition) is 3. The third-order valence-electron chi connectivity index (χ3n) is 2.48. The van der Waals surface area contributed by atoms with E-state index in [1.807, 2.05) is 0 Å². The molecule has 0 bridgehead atoms. The van der Waals surface area contributed by atoms with E-state index in [2.05, 4.69) is 20.6 Å². The molecule has 0 aliphatic carbocycles. The molecule has 1 aromatic heterocycles. The summed E-state index contributed by atoms with van der Waals surface area (Å²) in [4.78, 5) is 30.2. The van der Waals surface area contributed by atoms with Crippen LogP contribution in [-0.2, 0) is 4.79 Å². The third-order valence-corrected chi connectivity index (χ3v) is 2.48. The van der Waals surface area contributed by atoms with Crippen LogP contribution < -0.4 is 16.4 Å². The SMILES string of the molecule is Nc1cncc(C(=O)NCC2CCC(=O)N2)n1. The molecule has 0 spiro atoms. The molecule has 90 valence electrons. The van der Waals surface area contributed by atoms with E-state index in [0.29, 0.717) is 13.0 Å². The molecule has 0 aromatic carbocycles. The summed E-state index contributed by atoms with van der Waals surface area (Å²) in [5.74, 6) is -0.120. The minimum atomic E-state index is -0.342. The summed E-state index contributed by atoms with van der Waals surface area (Å²) in [7, 11) is 0. The maximum absolute atomic E-state index is 11.7. The van der Waals surface area contributed by atoms with E-state index in [0.717, 1.165) is 6.42 Å². The van der Waals surface area contributed by atoms with Crippen LogP contribution in [0.5, 0.6) is 0 Å². The van der Waals surface area contributed by atoms with Crippen LogP contribution in [0.4, 0.5) is 5.82 Å². The number of nitrogens with zero attached hydrogens (tertiary/aromatic N) is 2. The number of nitrogens with one attached hydrogen (secondary N) is 2. The highest BCUT2D eigenvalue weighted by molar-refractivity contribution is 5.92. The Morgan fingerprint density at radius 1 is 1.59 bits per heavy atom. The third kappa shape index (κ3) is 2.90. The first-order valence-corrected chi connectivity index (χ1v) is 5.30. The number of hydrogen-bond acceptors (Lipinski definition) is 5. The zero-order valence-electron chi connectivity index (χ0n) is 9.14. The first-order valence-electron chi connectivity index (χ1n) is 5.30. The van der Waals surface area contributed by atoms with Gasteiger partial charge in [-0.3, -0.25) is 14.6 Å². The lowest BCUT2D eigenvalue weighted by molar-refractivity contribution is -0.119. The summed E-state index contributed by atoms with van der Waals surface area (Å²) in [5, 5.41) is 5.43. The van der Waals surface area contributed by atoms with E-state index >= 15 is 0 Å². The Balaban J connectivity index is 1.87. The largest absolute Gasteiger partial charge is 0.382 e. The summed E-state index contributed by atoms with van der Waals surface area (Å²) in [6.45, 7) is 0.390. The number of nitrogen functional groups attached to an aromatic ring is 1. The lowest BCUT2D eigenvalue weighted by Crippen LogP contribution is -2.38. The van der Waals surface area contributed by atoms with Crippen LogP contribution >= 0.6 is 0 Å². The molecule has 1 aliphatic heterocycles. The van der Waals surface area contributed by atoms with Crippen LogP contribution in [0.15, 0.2) is 12.4 Å². The fraction of sp³-hybridized carbons (Fsp3) is 0.400. The zero-order chi connectivity index (χ0) is 12.3. The highest BCUT2D eigenvalue weighted by atomic mass is 16.2. The minimum Gasteiger partial charge on any atom is -0.382 e. The average molecular weight is 235 g/mol. The molecule has 1 fully saturated rings. The Labute approximate surface area is 97.8 Å². The molecule has 0 radical (unpaired) electrons. The normalized spacial score (nSPS) is 18.8. The van der Waals surface area contributed by atoms with Crippen LogP contribution in [0.25, 0.3) is 0 Å². The molecule has 7 nitrogen and oxygen atoms in total. The fourth-order valence-electron chi connectivity index (χ4n) is 1.63. The predicted octanol–water partition coefficient (Wildman–Crippen LogP) is -0.933. The van der Waals surface area contributed by atoms with Gasteiger partial charge < -0.3 is 16.4 Å². The molecule has 1 unspecified atom stereocenters. The van der Waals surface area contributed by atoms with E-state index in [1.165, 1.54) is 12.4 Å². The van der Waals surface area contributed by atoms with Gasteiger partial charge in [0.1, 0.15) is 11.5 Å². The first-order chi connectivity index (χ1) is 8.15. The highest BCUT2D eigenvalue weighted by Gasteiger charge is 2.21. The van der Waals surface area contributed by atoms with Gasteiger partial charge in [-0.2, -0.15) is 0 Å². The number of rotatable bonds is 3. The molecule has 1 saturated heterocycles. The molecular weight excluding hydrogens is 222 g/mol. The molecular formula is C10H13N5O2.